The van der Waals surface area contributed by atoms with E-state index in [4.69, 9.17) is 19.1 Å². The van der Waals surface area contributed by atoms with E-state index >= 15 is 0 Å². The van der Waals surface area contributed by atoms with Crippen molar-refractivity contribution < 1.29 is 47.8 Å². The lowest BCUT2D eigenvalue weighted by Crippen LogP contribution is -2.29. The Morgan fingerprint density at radius 2 is 1.16 bits per heavy atom. The maximum absolute atomic E-state index is 12.4. The van der Waals surface area contributed by atoms with Crippen LogP contribution in [-0.4, -0.2) is 65.7 Å². The van der Waals surface area contributed by atoms with Crippen LogP contribution in [0.1, 0.15) is 148 Å². The van der Waals surface area contributed by atoms with Gasteiger partial charge in [0, 0.05) is 12.8 Å². The second-order valence-corrected chi connectivity index (χ2v) is 13.1. The van der Waals surface area contributed by atoms with Gasteiger partial charge in [0.25, 0.3) is 0 Å². The number of phosphoric acid groups is 1. The molecule has 0 rings (SSSR count). The molecule has 11 heteroatoms. The van der Waals surface area contributed by atoms with Gasteiger partial charge in [0.15, 0.2) is 6.10 Å². The van der Waals surface area contributed by atoms with Crippen LogP contribution >= 0.6 is 7.82 Å². The van der Waals surface area contributed by atoms with Gasteiger partial charge in [-0.05, 0) is 25.7 Å². The Kier molecular flexibility index (Phi) is 29.5. The van der Waals surface area contributed by atoms with Gasteiger partial charge in [-0.1, -0.05) is 116 Å². The first-order valence-electron chi connectivity index (χ1n) is 17.1. The summed E-state index contributed by atoms with van der Waals surface area (Å²) in [4.78, 5) is 34.6. The number of carbonyl (C=O) groups is 2. The van der Waals surface area contributed by atoms with Gasteiger partial charge in [-0.15, -0.1) is 6.58 Å². The van der Waals surface area contributed by atoms with Crippen LogP contribution in [0, 0.1) is 0 Å². The number of aliphatic hydroxyl groups is 2. The molecule has 0 aromatic rings. The monoisotopic (exact) mass is 650 g/mol. The van der Waals surface area contributed by atoms with E-state index in [1.165, 1.54) is 57.8 Å². The Bertz CT molecular complexity index is 748. The van der Waals surface area contributed by atoms with Gasteiger partial charge in [-0.2, -0.15) is 0 Å². The third kappa shape index (κ3) is 29.4. The van der Waals surface area contributed by atoms with Crippen molar-refractivity contribution in [1.29, 1.82) is 0 Å². The highest BCUT2D eigenvalue weighted by atomic mass is 31.2. The topological polar surface area (TPSA) is 149 Å². The molecular formula is C33H63O10P. The van der Waals surface area contributed by atoms with E-state index in [0.717, 1.165) is 57.8 Å². The van der Waals surface area contributed by atoms with Crippen LogP contribution in [0.25, 0.3) is 0 Å². The first kappa shape index (κ1) is 42.7. The summed E-state index contributed by atoms with van der Waals surface area (Å²) in [7, 11) is -4.60. The molecule has 0 spiro atoms. The number of hydrogen-bond acceptors (Lipinski definition) is 9. The molecule has 44 heavy (non-hydrogen) atoms. The lowest BCUT2D eigenvalue weighted by atomic mass is 10.0. The molecule has 0 aromatic carbocycles. The number of allylic oxidation sites excluding steroid dienone is 1. The fourth-order valence-electron chi connectivity index (χ4n) is 4.62. The second-order valence-electron chi connectivity index (χ2n) is 11.6. The van der Waals surface area contributed by atoms with Crippen molar-refractivity contribution in [2.24, 2.45) is 0 Å². The average Bonchev–Trinajstić information content (AvgIpc) is 3.00. The van der Waals surface area contributed by atoms with E-state index in [0.29, 0.717) is 12.8 Å². The minimum Gasteiger partial charge on any atom is -0.462 e. The average molecular weight is 651 g/mol. The van der Waals surface area contributed by atoms with Gasteiger partial charge in [0.2, 0.25) is 0 Å². The number of esters is 2. The predicted molar refractivity (Wildman–Crippen MR) is 173 cm³/mol. The SMILES string of the molecule is C=CCCCCCCCCCC(=O)O[C@H](COC(=O)CCCCCCCCCCCCCC)COP(=O)(O)OC[C@@H](O)CO. The molecule has 0 amide bonds. The summed E-state index contributed by atoms with van der Waals surface area (Å²) in [5.41, 5.74) is 0. The Morgan fingerprint density at radius 1 is 0.705 bits per heavy atom. The zero-order valence-corrected chi connectivity index (χ0v) is 28.4. The van der Waals surface area contributed by atoms with Crippen LogP contribution in [0.2, 0.25) is 0 Å². The van der Waals surface area contributed by atoms with Crippen molar-refractivity contribution in [3.63, 3.8) is 0 Å². The molecule has 0 saturated heterocycles. The third-order valence-corrected chi connectivity index (χ3v) is 8.27. The lowest BCUT2D eigenvalue weighted by molar-refractivity contribution is -0.161. The molecule has 0 fully saturated rings. The first-order valence-corrected chi connectivity index (χ1v) is 18.6. The van der Waals surface area contributed by atoms with E-state index in [1.807, 2.05) is 6.08 Å². The minimum atomic E-state index is -4.60. The maximum Gasteiger partial charge on any atom is 0.472 e. The van der Waals surface area contributed by atoms with Crippen molar-refractivity contribution in [3.8, 4) is 0 Å². The minimum absolute atomic E-state index is 0.176. The summed E-state index contributed by atoms with van der Waals surface area (Å²) in [6, 6.07) is 0. The number of hydrogen-bond donors (Lipinski definition) is 3. The molecule has 260 valence electrons. The van der Waals surface area contributed by atoms with Crippen LogP contribution < -0.4 is 0 Å². The number of rotatable bonds is 33. The van der Waals surface area contributed by atoms with Gasteiger partial charge in [0.05, 0.1) is 19.8 Å². The Balaban J connectivity index is 4.39. The molecule has 0 heterocycles. The predicted octanol–water partition coefficient (Wildman–Crippen LogP) is 7.72. The molecule has 0 bridgehead atoms. The van der Waals surface area contributed by atoms with Crippen molar-refractivity contribution in [1.82, 2.24) is 0 Å². The van der Waals surface area contributed by atoms with Crippen LogP contribution in [0.15, 0.2) is 12.7 Å². The highest BCUT2D eigenvalue weighted by Crippen LogP contribution is 2.43. The Labute approximate surface area is 266 Å². The summed E-state index contributed by atoms with van der Waals surface area (Å²) < 4.78 is 32.4. The first-order chi connectivity index (χ1) is 21.2. The molecule has 10 nitrogen and oxygen atoms in total. The molecule has 0 aromatic heterocycles. The zero-order chi connectivity index (χ0) is 32.7. The number of aliphatic hydroxyl groups excluding tert-OH is 2. The number of phosphoric ester groups is 1. The molecule has 0 aliphatic carbocycles. The molecule has 0 saturated carbocycles. The largest absolute Gasteiger partial charge is 0.472 e. The standard InChI is InChI=1S/C33H63O10P/c1-3-5-7-9-11-13-14-15-17-18-20-22-24-32(36)40-28-31(29-42-44(38,39)41-27-30(35)26-34)43-33(37)25-23-21-19-16-12-10-8-6-4-2/h4,30-31,34-35H,2-3,5-29H2,1H3,(H,38,39)/t30-,31+/m0/s1. The van der Waals surface area contributed by atoms with Crippen molar-refractivity contribution in [2.45, 2.75) is 160 Å². The molecule has 3 atom stereocenters. The van der Waals surface area contributed by atoms with E-state index in [2.05, 4.69) is 18.0 Å². The van der Waals surface area contributed by atoms with Crippen LogP contribution in [0.5, 0.6) is 0 Å². The van der Waals surface area contributed by atoms with Gasteiger partial charge in [-0.3, -0.25) is 18.6 Å². The number of carbonyl (C=O) groups excluding carboxylic acids is 2. The van der Waals surface area contributed by atoms with E-state index in [1.54, 1.807) is 0 Å². The number of ether oxygens (including phenoxy) is 2. The molecular weight excluding hydrogens is 587 g/mol. The normalized spacial score (nSPS) is 14.1. The fraction of sp³-hybridized carbons (Fsp3) is 0.879. The summed E-state index contributed by atoms with van der Waals surface area (Å²) in [6.45, 7) is 3.84. The van der Waals surface area contributed by atoms with Crippen LogP contribution in [0.3, 0.4) is 0 Å². The molecule has 0 radical (unpaired) electrons. The molecule has 0 aliphatic heterocycles. The van der Waals surface area contributed by atoms with E-state index < -0.39 is 51.8 Å². The molecule has 3 N–H and O–H groups in total. The van der Waals surface area contributed by atoms with Gasteiger partial charge >= 0.3 is 19.8 Å². The Hall–Kier alpha value is -1.29. The summed E-state index contributed by atoms with van der Waals surface area (Å²) in [6.07, 6.45) is 22.3. The lowest BCUT2D eigenvalue weighted by Gasteiger charge is -2.20. The van der Waals surface area contributed by atoms with Crippen LogP contribution in [-0.2, 0) is 32.7 Å². The quantitative estimate of drug-likeness (QED) is 0.0279. The smallest absolute Gasteiger partial charge is 0.462 e. The maximum atomic E-state index is 12.4. The summed E-state index contributed by atoms with van der Waals surface area (Å²) in [5.74, 6) is -0.938. The van der Waals surface area contributed by atoms with Crippen molar-refractivity contribution in [2.75, 3.05) is 26.4 Å². The van der Waals surface area contributed by atoms with E-state index in [-0.39, 0.29) is 19.4 Å². The molecule has 0 aliphatic rings. The van der Waals surface area contributed by atoms with Gasteiger partial charge in [-0.25, -0.2) is 4.57 Å². The highest BCUT2D eigenvalue weighted by Gasteiger charge is 2.27. The molecule has 1 unspecified atom stereocenters. The Morgan fingerprint density at radius 3 is 1.66 bits per heavy atom. The van der Waals surface area contributed by atoms with E-state index in [9.17, 15) is 24.2 Å². The summed E-state index contributed by atoms with van der Waals surface area (Å²) >= 11 is 0. The van der Waals surface area contributed by atoms with Gasteiger partial charge in [0.1, 0.15) is 12.7 Å². The zero-order valence-electron chi connectivity index (χ0n) is 27.5. The van der Waals surface area contributed by atoms with Crippen molar-refractivity contribution >= 4 is 19.8 Å². The highest BCUT2D eigenvalue weighted by molar-refractivity contribution is 7.47. The second kappa shape index (κ2) is 30.4. The third-order valence-electron chi connectivity index (χ3n) is 7.32. The fourth-order valence-corrected chi connectivity index (χ4v) is 5.41. The summed E-state index contributed by atoms with van der Waals surface area (Å²) in [5, 5.41) is 18.2. The van der Waals surface area contributed by atoms with Gasteiger partial charge < -0.3 is 24.6 Å². The van der Waals surface area contributed by atoms with Crippen LogP contribution in [0.4, 0.5) is 0 Å². The van der Waals surface area contributed by atoms with Crippen molar-refractivity contribution in [3.05, 3.63) is 12.7 Å². The number of unbranched alkanes of at least 4 members (excludes halogenated alkanes) is 18.